The molecule has 2 atom stereocenters. The van der Waals surface area contributed by atoms with E-state index in [1.807, 2.05) is 13.8 Å². The zero-order valence-electron chi connectivity index (χ0n) is 7.55. The summed E-state index contributed by atoms with van der Waals surface area (Å²) in [6.07, 6.45) is 2.97. The van der Waals surface area contributed by atoms with E-state index in [9.17, 15) is 4.79 Å². The molecule has 1 heterocycles. The van der Waals surface area contributed by atoms with E-state index < -0.39 is 0 Å². The molecule has 0 spiro atoms. The maximum absolute atomic E-state index is 10.6. The first-order chi connectivity index (χ1) is 5.58. The van der Waals surface area contributed by atoms with E-state index in [4.69, 9.17) is 16.3 Å². The predicted molar refractivity (Wildman–Crippen MR) is 48.2 cm³/mol. The monoisotopic (exact) mass is 190 g/mol. The van der Waals surface area contributed by atoms with E-state index in [0.29, 0.717) is 12.3 Å². The Bertz CT molecular complexity index is 160. The summed E-state index contributed by atoms with van der Waals surface area (Å²) in [5.41, 5.74) is 0. The Balaban J connectivity index is 2.38. The molecule has 0 saturated carbocycles. The van der Waals surface area contributed by atoms with Gasteiger partial charge in [0.2, 0.25) is 5.24 Å². The molecule has 0 aromatic rings. The molecule has 1 aliphatic heterocycles. The smallest absolute Gasteiger partial charge is 0.221 e. The largest absolute Gasteiger partial charge is 0.376 e. The molecule has 1 fully saturated rings. The van der Waals surface area contributed by atoms with Crippen LogP contribution in [0.4, 0.5) is 0 Å². The van der Waals surface area contributed by atoms with Crippen molar-refractivity contribution in [3.05, 3.63) is 0 Å². The van der Waals surface area contributed by atoms with Crippen LogP contribution in [0, 0.1) is 5.92 Å². The molecule has 12 heavy (non-hydrogen) atoms. The van der Waals surface area contributed by atoms with E-state index in [2.05, 4.69) is 0 Å². The average molecular weight is 191 g/mol. The summed E-state index contributed by atoms with van der Waals surface area (Å²) < 4.78 is 5.54. The molecular formula is C9H15ClO2. The van der Waals surface area contributed by atoms with Gasteiger partial charge in [-0.25, -0.2) is 0 Å². The number of ether oxygens (including phenoxy) is 1. The van der Waals surface area contributed by atoms with Crippen LogP contribution in [0.5, 0.6) is 0 Å². The van der Waals surface area contributed by atoms with Gasteiger partial charge in [0.1, 0.15) is 0 Å². The molecule has 3 heteroatoms. The van der Waals surface area contributed by atoms with Gasteiger partial charge in [-0.2, -0.15) is 0 Å². The van der Waals surface area contributed by atoms with Crippen molar-refractivity contribution in [2.24, 2.45) is 5.92 Å². The van der Waals surface area contributed by atoms with E-state index in [0.717, 1.165) is 12.8 Å². The third-order valence-electron chi connectivity index (χ3n) is 2.24. The summed E-state index contributed by atoms with van der Waals surface area (Å²) in [5.74, 6) is 0.425. The number of rotatable bonds is 2. The van der Waals surface area contributed by atoms with Crippen molar-refractivity contribution in [1.29, 1.82) is 0 Å². The van der Waals surface area contributed by atoms with Crippen molar-refractivity contribution in [1.82, 2.24) is 0 Å². The van der Waals surface area contributed by atoms with E-state index in [1.54, 1.807) is 0 Å². The Morgan fingerprint density at radius 1 is 1.42 bits per heavy atom. The van der Waals surface area contributed by atoms with E-state index in [-0.39, 0.29) is 17.5 Å². The van der Waals surface area contributed by atoms with Crippen molar-refractivity contribution in [3.63, 3.8) is 0 Å². The number of carbonyl (C=O) groups is 1. The number of hydrogen-bond donors (Lipinski definition) is 0. The number of hydrogen-bond acceptors (Lipinski definition) is 2. The van der Waals surface area contributed by atoms with E-state index >= 15 is 0 Å². The second-order valence-corrected chi connectivity index (χ2v) is 4.08. The highest BCUT2D eigenvalue weighted by molar-refractivity contribution is 6.63. The normalized spacial score (nSPS) is 36.4. The first-order valence-electron chi connectivity index (χ1n) is 4.41. The van der Waals surface area contributed by atoms with Crippen LogP contribution in [0.1, 0.15) is 33.1 Å². The molecule has 0 aromatic carbocycles. The maximum Gasteiger partial charge on any atom is 0.221 e. The van der Waals surface area contributed by atoms with Gasteiger partial charge in [-0.05, 0) is 44.2 Å². The summed E-state index contributed by atoms with van der Waals surface area (Å²) in [5, 5.41) is -0.221. The van der Waals surface area contributed by atoms with Crippen molar-refractivity contribution >= 4 is 16.8 Å². The van der Waals surface area contributed by atoms with Gasteiger partial charge in [-0.1, -0.05) is 0 Å². The lowest BCUT2D eigenvalue weighted by Gasteiger charge is -2.31. The third-order valence-corrected chi connectivity index (χ3v) is 2.40. The highest BCUT2D eigenvalue weighted by atomic mass is 35.5. The molecule has 0 amide bonds. The summed E-state index contributed by atoms with van der Waals surface area (Å²) in [6, 6.07) is 0. The fourth-order valence-electron chi connectivity index (χ4n) is 1.94. The van der Waals surface area contributed by atoms with Gasteiger partial charge in [0.25, 0.3) is 0 Å². The van der Waals surface area contributed by atoms with Gasteiger partial charge in [0.05, 0.1) is 12.2 Å². The predicted octanol–water partition coefficient (Wildman–Crippen LogP) is 2.35. The standard InChI is InChI=1S/C9H15ClO2/c1-6-3-8(5-9(10)11)4-7(2)12-6/h6-8H,3-5H2,1-2H3/t6-,7-/m1/s1. The zero-order valence-corrected chi connectivity index (χ0v) is 8.30. The van der Waals surface area contributed by atoms with Crippen LogP contribution in [0.25, 0.3) is 0 Å². The highest BCUT2D eigenvalue weighted by Gasteiger charge is 2.25. The lowest BCUT2D eigenvalue weighted by molar-refractivity contribution is -0.114. The molecule has 1 rings (SSSR count). The Morgan fingerprint density at radius 3 is 2.33 bits per heavy atom. The van der Waals surface area contributed by atoms with Crippen LogP contribution >= 0.6 is 11.6 Å². The minimum atomic E-state index is -0.221. The number of carbonyl (C=O) groups excluding carboxylic acids is 1. The minimum Gasteiger partial charge on any atom is -0.376 e. The molecule has 0 radical (unpaired) electrons. The highest BCUT2D eigenvalue weighted by Crippen LogP contribution is 2.27. The van der Waals surface area contributed by atoms with Gasteiger partial charge in [-0.15, -0.1) is 0 Å². The second kappa shape index (κ2) is 4.24. The van der Waals surface area contributed by atoms with Crippen molar-refractivity contribution < 1.29 is 9.53 Å². The summed E-state index contributed by atoms with van der Waals surface area (Å²) >= 11 is 5.33. The fraction of sp³-hybridized carbons (Fsp3) is 0.889. The van der Waals surface area contributed by atoms with Crippen LogP contribution in [0.3, 0.4) is 0 Å². The van der Waals surface area contributed by atoms with Crippen LogP contribution in [0.15, 0.2) is 0 Å². The second-order valence-electron chi connectivity index (χ2n) is 3.65. The molecule has 0 bridgehead atoms. The Hall–Kier alpha value is -0.0800. The Labute approximate surface area is 78.2 Å². The maximum atomic E-state index is 10.6. The van der Waals surface area contributed by atoms with Crippen molar-refractivity contribution in [2.75, 3.05) is 0 Å². The van der Waals surface area contributed by atoms with Crippen LogP contribution in [0.2, 0.25) is 0 Å². The van der Waals surface area contributed by atoms with Crippen molar-refractivity contribution in [3.8, 4) is 0 Å². The average Bonchev–Trinajstić information content (AvgIpc) is 1.81. The van der Waals surface area contributed by atoms with Gasteiger partial charge < -0.3 is 4.74 Å². The molecule has 2 nitrogen and oxygen atoms in total. The molecule has 1 aliphatic rings. The first kappa shape index (κ1) is 10.0. The lowest BCUT2D eigenvalue weighted by Crippen LogP contribution is -2.29. The molecule has 0 aliphatic carbocycles. The summed E-state index contributed by atoms with van der Waals surface area (Å²) in [6.45, 7) is 4.09. The van der Waals surface area contributed by atoms with Gasteiger partial charge >= 0.3 is 0 Å². The minimum absolute atomic E-state index is 0.221. The van der Waals surface area contributed by atoms with Crippen LogP contribution in [-0.4, -0.2) is 17.5 Å². The SMILES string of the molecule is C[C@@H]1CC(CC(=O)Cl)C[C@@H](C)O1. The molecule has 70 valence electrons. The molecule has 1 saturated heterocycles. The lowest BCUT2D eigenvalue weighted by atomic mass is 9.90. The fourth-order valence-corrected chi connectivity index (χ4v) is 2.15. The molecule has 0 unspecified atom stereocenters. The van der Waals surface area contributed by atoms with Crippen LogP contribution in [-0.2, 0) is 9.53 Å². The summed E-state index contributed by atoms with van der Waals surface area (Å²) in [4.78, 5) is 10.6. The zero-order chi connectivity index (χ0) is 9.14. The quantitative estimate of drug-likeness (QED) is 0.625. The Kier molecular flexibility index (Phi) is 3.53. The van der Waals surface area contributed by atoms with Gasteiger partial charge in [-0.3, -0.25) is 4.79 Å². The Morgan fingerprint density at radius 2 is 1.92 bits per heavy atom. The first-order valence-corrected chi connectivity index (χ1v) is 4.79. The third kappa shape index (κ3) is 3.11. The molecular weight excluding hydrogens is 176 g/mol. The van der Waals surface area contributed by atoms with Gasteiger partial charge in [0, 0.05) is 6.42 Å². The topological polar surface area (TPSA) is 26.3 Å². The van der Waals surface area contributed by atoms with Gasteiger partial charge in [0.15, 0.2) is 0 Å². The van der Waals surface area contributed by atoms with E-state index in [1.165, 1.54) is 0 Å². The van der Waals surface area contributed by atoms with Crippen LogP contribution < -0.4 is 0 Å². The number of halogens is 1. The molecule has 0 N–H and O–H groups in total. The molecule has 0 aromatic heterocycles. The van der Waals surface area contributed by atoms with Crippen molar-refractivity contribution in [2.45, 2.75) is 45.3 Å². The summed E-state index contributed by atoms with van der Waals surface area (Å²) in [7, 11) is 0.